The molecule has 2 aromatic heterocycles. The molecule has 0 spiro atoms. The molecule has 2 fully saturated rings. The van der Waals surface area contributed by atoms with Gasteiger partial charge in [-0.25, -0.2) is 14.8 Å². The van der Waals surface area contributed by atoms with Gasteiger partial charge >= 0.3 is 6.09 Å². The highest BCUT2D eigenvalue weighted by Crippen LogP contribution is 2.39. The van der Waals surface area contributed by atoms with Crippen LogP contribution in [0.4, 0.5) is 10.6 Å². The van der Waals surface area contributed by atoms with E-state index in [-0.39, 0.29) is 18.4 Å². The summed E-state index contributed by atoms with van der Waals surface area (Å²) < 4.78 is 0. The number of hydrogen-bond acceptors (Lipinski definition) is 5. The molecule has 3 heterocycles. The number of nitrogens with one attached hydrogen (secondary N) is 3. The van der Waals surface area contributed by atoms with Gasteiger partial charge in [0, 0.05) is 44.0 Å². The molecule has 148 valence electrons. The van der Waals surface area contributed by atoms with E-state index in [4.69, 9.17) is 5.11 Å². The van der Waals surface area contributed by atoms with Gasteiger partial charge in [-0.2, -0.15) is 0 Å². The third kappa shape index (κ3) is 4.24. The van der Waals surface area contributed by atoms with Crippen LogP contribution in [0.25, 0.3) is 11.5 Å². The summed E-state index contributed by atoms with van der Waals surface area (Å²) in [5.74, 6) is 1.73. The van der Waals surface area contributed by atoms with Crippen molar-refractivity contribution < 1.29 is 14.7 Å². The van der Waals surface area contributed by atoms with Gasteiger partial charge in [0.1, 0.15) is 11.5 Å². The van der Waals surface area contributed by atoms with Crippen LogP contribution in [-0.2, 0) is 4.79 Å². The Morgan fingerprint density at radius 1 is 1.25 bits per heavy atom. The monoisotopic (exact) mass is 384 g/mol. The first kappa shape index (κ1) is 18.3. The SMILES string of the molecule is O=C(NCCNc1cccc(-c2ncc(C3CC3)[nH]2)n1)C1CCN(C(=O)O)C1. The summed E-state index contributed by atoms with van der Waals surface area (Å²) >= 11 is 0. The quantitative estimate of drug-likeness (QED) is 0.541. The lowest BCUT2D eigenvalue weighted by Crippen LogP contribution is -2.36. The summed E-state index contributed by atoms with van der Waals surface area (Å²) in [6.45, 7) is 1.66. The first-order valence-electron chi connectivity index (χ1n) is 9.62. The van der Waals surface area contributed by atoms with Gasteiger partial charge in [-0.05, 0) is 31.4 Å². The minimum absolute atomic E-state index is 0.101. The highest BCUT2D eigenvalue weighted by atomic mass is 16.4. The maximum Gasteiger partial charge on any atom is 0.407 e. The maximum atomic E-state index is 12.1. The van der Waals surface area contributed by atoms with Crippen LogP contribution in [0.15, 0.2) is 24.4 Å². The normalized spacial score (nSPS) is 18.9. The second kappa shape index (κ2) is 7.87. The predicted molar refractivity (Wildman–Crippen MR) is 103 cm³/mol. The molecule has 9 nitrogen and oxygen atoms in total. The molecule has 4 rings (SSSR count). The first-order valence-corrected chi connectivity index (χ1v) is 9.62. The number of aromatic nitrogens is 3. The smallest absolute Gasteiger partial charge is 0.407 e. The lowest BCUT2D eigenvalue weighted by Gasteiger charge is -2.13. The van der Waals surface area contributed by atoms with Gasteiger partial charge in [0.15, 0.2) is 5.82 Å². The Morgan fingerprint density at radius 2 is 2.11 bits per heavy atom. The molecule has 0 bridgehead atoms. The van der Waals surface area contributed by atoms with Crippen molar-refractivity contribution >= 4 is 17.8 Å². The van der Waals surface area contributed by atoms with Gasteiger partial charge in [-0.15, -0.1) is 0 Å². The molecule has 1 aliphatic carbocycles. The number of aromatic amines is 1. The number of carbonyl (C=O) groups excluding carboxylic acids is 1. The number of rotatable bonds is 7. The molecule has 4 N–H and O–H groups in total. The topological polar surface area (TPSA) is 123 Å². The van der Waals surface area contributed by atoms with E-state index in [9.17, 15) is 9.59 Å². The number of H-pyrrole nitrogens is 1. The number of hydrogen-bond donors (Lipinski definition) is 4. The fourth-order valence-corrected chi connectivity index (χ4v) is 3.40. The van der Waals surface area contributed by atoms with Gasteiger partial charge < -0.3 is 25.6 Å². The summed E-state index contributed by atoms with van der Waals surface area (Å²) in [7, 11) is 0. The lowest BCUT2D eigenvalue weighted by molar-refractivity contribution is -0.124. The Balaban J connectivity index is 1.24. The van der Waals surface area contributed by atoms with E-state index in [1.807, 2.05) is 24.4 Å². The van der Waals surface area contributed by atoms with E-state index in [0.717, 1.165) is 11.5 Å². The zero-order chi connectivity index (χ0) is 19.5. The van der Waals surface area contributed by atoms with E-state index < -0.39 is 6.09 Å². The number of carboxylic acid groups (broad SMARTS) is 1. The van der Waals surface area contributed by atoms with Crippen molar-refractivity contribution in [1.82, 2.24) is 25.2 Å². The average Bonchev–Trinajstić information content (AvgIpc) is 3.21. The molecule has 2 amide bonds. The van der Waals surface area contributed by atoms with E-state index in [0.29, 0.717) is 37.8 Å². The predicted octanol–water partition coefficient (Wildman–Crippen LogP) is 1.88. The molecule has 2 aromatic rings. The zero-order valence-corrected chi connectivity index (χ0v) is 15.5. The number of amides is 2. The summed E-state index contributed by atoms with van der Waals surface area (Å²) in [6, 6.07) is 5.70. The minimum atomic E-state index is -0.969. The number of pyridine rings is 1. The van der Waals surface area contributed by atoms with E-state index in [1.54, 1.807) is 0 Å². The standard InChI is InChI=1S/C19H24N6O3/c26-18(13-6-9-25(11-13)19(27)28)21-8-7-20-16-3-1-2-14(23-16)17-22-10-15(24-17)12-4-5-12/h1-3,10,12-13H,4-9,11H2,(H,20,23)(H,21,26)(H,22,24)(H,27,28). The Kier molecular flexibility index (Phi) is 5.14. The van der Waals surface area contributed by atoms with Crippen molar-refractivity contribution in [1.29, 1.82) is 0 Å². The molecule has 1 aliphatic heterocycles. The number of anilines is 1. The van der Waals surface area contributed by atoms with Crippen molar-refractivity contribution in [2.24, 2.45) is 5.92 Å². The number of likely N-dealkylation sites (tertiary alicyclic amines) is 1. The van der Waals surface area contributed by atoms with Crippen molar-refractivity contribution in [2.45, 2.75) is 25.2 Å². The fourth-order valence-electron chi connectivity index (χ4n) is 3.40. The van der Waals surface area contributed by atoms with Crippen LogP contribution in [0.5, 0.6) is 0 Å². The third-order valence-corrected chi connectivity index (χ3v) is 5.16. The van der Waals surface area contributed by atoms with Crippen LogP contribution in [0.2, 0.25) is 0 Å². The molecule has 2 aliphatic rings. The highest BCUT2D eigenvalue weighted by molar-refractivity contribution is 5.80. The summed E-state index contributed by atoms with van der Waals surface area (Å²) in [5.41, 5.74) is 1.95. The second-order valence-electron chi connectivity index (χ2n) is 7.30. The Morgan fingerprint density at radius 3 is 2.86 bits per heavy atom. The number of imidazole rings is 1. The second-order valence-corrected chi connectivity index (χ2v) is 7.30. The van der Waals surface area contributed by atoms with Crippen molar-refractivity contribution in [3.63, 3.8) is 0 Å². The van der Waals surface area contributed by atoms with E-state index >= 15 is 0 Å². The molecule has 1 atom stereocenters. The lowest BCUT2D eigenvalue weighted by atomic mass is 10.1. The van der Waals surface area contributed by atoms with E-state index in [2.05, 4.69) is 25.6 Å². The van der Waals surface area contributed by atoms with Gasteiger partial charge in [0.2, 0.25) is 5.91 Å². The molecule has 1 saturated heterocycles. The number of nitrogens with zero attached hydrogens (tertiary/aromatic N) is 3. The molecule has 28 heavy (non-hydrogen) atoms. The van der Waals surface area contributed by atoms with Crippen LogP contribution < -0.4 is 10.6 Å². The van der Waals surface area contributed by atoms with Crippen LogP contribution in [0, 0.1) is 5.92 Å². The van der Waals surface area contributed by atoms with Gasteiger partial charge in [-0.1, -0.05) is 6.07 Å². The Bertz CT molecular complexity index is 863. The maximum absolute atomic E-state index is 12.1. The number of carbonyl (C=O) groups is 2. The Hall–Kier alpha value is -3.10. The van der Waals surface area contributed by atoms with Crippen LogP contribution in [0.1, 0.15) is 30.9 Å². The average molecular weight is 384 g/mol. The van der Waals surface area contributed by atoms with Gasteiger partial charge in [0.05, 0.1) is 5.92 Å². The summed E-state index contributed by atoms with van der Waals surface area (Å²) in [5, 5.41) is 15.0. The third-order valence-electron chi connectivity index (χ3n) is 5.16. The van der Waals surface area contributed by atoms with Crippen LogP contribution in [-0.4, -0.2) is 63.1 Å². The van der Waals surface area contributed by atoms with Crippen molar-refractivity contribution in [3.05, 3.63) is 30.1 Å². The molecule has 0 aromatic carbocycles. The molecule has 1 unspecified atom stereocenters. The van der Waals surface area contributed by atoms with E-state index in [1.165, 1.54) is 23.4 Å². The molecule has 0 radical (unpaired) electrons. The fraction of sp³-hybridized carbons (Fsp3) is 0.474. The zero-order valence-electron chi connectivity index (χ0n) is 15.5. The van der Waals surface area contributed by atoms with Crippen molar-refractivity contribution in [3.8, 4) is 11.5 Å². The van der Waals surface area contributed by atoms with Gasteiger partial charge in [-0.3, -0.25) is 4.79 Å². The van der Waals surface area contributed by atoms with Crippen LogP contribution in [0.3, 0.4) is 0 Å². The highest BCUT2D eigenvalue weighted by Gasteiger charge is 2.30. The van der Waals surface area contributed by atoms with Crippen molar-refractivity contribution in [2.75, 3.05) is 31.5 Å². The Labute approximate surface area is 162 Å². The van der Waals surface area contributed by atoms with Crippen LogP contribution >= 0.6 is 0 Å². The molecular formula is C19H24N6O3. The molecule has 1 saturated carbocycles. The summed E-state index contributed by atoms with van der Waals surface area (Å²) in [4.78, 5) is 36.7. The molecule has 9 heteroatoms. The minimum Gasteiger partial charge on any atom is -0.465 e. The van der Waals surface area contributed by atoms with Gasteiger partial charge in [0.25, 0.3) is 0 Å². The largest absolute Gasteiger partial charge is 0.465 e. The first-order chi connectivity index (χ1) is 13.6. The molecular weight excluding hydrogens is 360 g/mol. The summed E-state index contributed by atoms with van der Waals surface area (Å²) in [6.07, 6.45) is 3.93.